The monoisotopic (exact) mass is 552 g/mol. The Kier molecular flexibility index (Phi) is 6.30. The van der Waals surface area contributed by atoms with E-state index >= 15 is 0 Å². The van der Waals surface area contributed by atoms with Crippen molar-refractivity contribution in [2.75, 3.05) is 17.5 Å². The third kappa shape index (κ3) is 4.73. The minimum Gasteiger partial charge on any atom is -0.454 e. The van der Waals surface area contributed by atoms with E-state index in [9.17, 15) is 18.8 Å². The topological polar surface area (TPSA) is 111 Å². The minimum absolute atomic E-state index is 0.00303. The summed E-state index contributed by atoms with van der Waals surface area (Å²) in [6.45, 7) is 0.199. The van der Waals surface area contributed by atoms with Crippen molar-refractivity contribution in [1.82, 2.24) is 9.99 Å². The highest BCUT2D eigenvalue weighted by Gasteiger charge is 2.22. The van der Waals surface area contributed by atoms with E-state index in [1.807, 2.05) is 0 Å². The van der Waals surface area contributed by atoms with E-state index < -0.39 is 23.5 Å². The molecule has 0 spiro atoms. The molecule has 0 radical (unpaired) electrons. The zero-order valence-corrected chi connectivity index (χ0v) is 20.1. The molecule has 0 bridgehead atoms. The predicted molar refractivity (Wildman–Crippen MR) is 133 cm³/mol. The van der Waals surface area contributed by atoms with Gasteiger partial charge in [0.2, 0.25) is 6.79 Å². The molecule has 0 atom stereocenters. The van der Waals surface area contributed by atoms with Crippen molar-refractivity contribution in [3.8, 4) is 11.5 Å². The van der Waals surface area contributed by atoms with Crippen LogP contribution in [-0.4, -0.2) is 29.2 Å². The molecular weight excluding hydrogens is 535 g/mol. The quantitative estimate of drug-likeness (QED) is 0.325. The van der Waals surface area contributed by atoms with E-state index in [1.165, 1.54) is 28.9 Å². The third-order valence-electron chi connectivity index (χ3n) is 5.43. The van der Waals surface area contributed by atoms with Gasteiger partial charge in [0.15, 0.2) is 11.5 Å². The van der Waals surface area contributed by atoms with Gasteiger partial charge in [0.25, 0.3) is 5.91 Å². The number of aromatic nitrogens is 1. The summed E-state index contributed by atoms with van der Waals surface area (Å²) >= 11 is 3.37. The fourth-order valence-corrected chi connectivity index (χ4v) is 4.07. The van der Waals surface area contributed by atoms with E-state index in [4.69, 9.17) is 9.47 Å². The molecule has 182 valence electrons. The van der Waals surface area contributed by atoms with Crippen LogP contribution in [0.3, 0.4) is 0 Å². The number of rotatable bonds is 5. The minimum atomic E-state index is -0.990. The molecular formula is C25H18BrFN4O5. The summed E-state index contributed by atoms with van der Waals surface area (Å²) in [6.07, 6.45) is 0. The number of benzene rings is 3. The molecule has 0 saturated heterocycles. The number of anilines is 1. The highest BCUT2D eigenvalue weighted by atomic mass is 79.9. The molecule has 1 aliphatic heterocycles. The Balaban J connectivity index is 1.35. The molecule has 4 aromatic rings. The molecule has 5 rings (SSSR count). The second kappa shape index (κ2) is 9.70. The number of hydrogen-bond acceptors (Lipinski definition) is 5. The molecule has 0 fully saturated rings. The summed E-state index contributed by atoms with van der Waals surface area (Å²) < 4.78 is 26.6. The van der Waals surface area contributed by atoms with Crippen LogP contribution in [0.4, 0.5) is 10.1 Å². The zero-order chi connectivity index (χ0) is 25.2. The van der Waals surface area contributed by atoms with Crippen LogP contribution in [0.25, 0.3) is 10.9 Å². The van der Waals surface area contributed by atoms with Crippen LogP contribution in [-0.2, 0) is 16.1 Å². The van der Waals surface area contributed by atoms with Gasteiger partial charge in [-0.15, -0.1) is 0 Å². The number of ether oxygens (including phenoxy) is 2. The Hall–Kier alpha value is -4.38. The molecule has 36 heavy (non-hydrogen) atoms. The van der Waals surface area contributed by atoms with Gasteiger partial charge in [-0.1, -0.05) is 34.1 Å². The fourth-order valence-electron chi connectivity index (χ4n) is 3.69. The fraction of sp³-hybridized carbons (Fsp3) is 0.0800. The molecule has 0 unspecified atom stereocenters. The summed E-state index contributed by atoms with van der Waals surface area (Å²) in [4.78, 5) is 38.3. The van der Waals surface area contributed by atoms with Crippen LogP contribution >= 0.6 is 15.9 Å². The van der Waals surface area contributed by atoms with Gasteiger partial charge in [-0.3, -0.25) is 19.8 Å². The van der Waals surface area contributed by atoms with E-state index in [0.717, 1.165) is 4.47 Å². The van der Waals surface area contributed by atoms with Crippen molar-refractivity contribution in [3.05, 3.63) is 88.3 Å². The molecule has 3 N–H and O–H groups in total. The first-order valence-corrected chi connectivity index (χ1v) is 11.5. The van der Waals surface area contributed by atoms with E-state index in [2.05, 4.69) is 32.0 Å². The Morgan fingerprint density at radius 2 is 1.75 bits per heavy atom. The average molecular weight is 553 g/mol. The predicted octanol–water partition coefficient (Wildman–Crippen LogP) is 3.91. The first-order chi connectivity index (χ1) is 17.4. The van der Waals surface area contributed by atoms with Crippen LogP contribution < -0.4 is 25.5 Å². The number of carbonyl (C=O) groups excluding carboxylic acids is 3. The Morgan fingerprint density at radius 3 is 2.58 bits per heavy atom. The smallest absolute Gasteiger partial charge is 0.328 e. The molecule has 1 aromatic heterocycles. The second-order valence-electron chi connectivity index (χ2n) is 7.81. The van der Waals surface area contributed by atoms with Gasteiger partial charge >= 0.3 is 11.8 Å². The third-order valence-corrected chi connectivity index (χ3v) is 5.92. The van der Waals surface area contributed by atoms with Crippen molar-refractivity contribution in [2.24, 2.45) is 0 Å². The zero-order valence-electron chi connectivity index (χ0n) is 18.5. The van der Waals surface area contributed by atoms with Crippen LogP contribution in [0.5, 0.6) is 11.5 Å². The Morgan fingerprint density at radius 1 is 0.944 bits per heavy atom. The second-order valence-corrected chi connectivity index (χ2v) is 8.73. The number of amides is 3. The number of carbonyl (C=O) groups is 3. The lowest BCUT2D eigenvalue weighted by atomic mass is 10.2. The number of halogens is 2. The van der Waals surface area contributed by atoms with Crippen molar-refractivity contribution >= 4 is 50.2 Å². The Labute approximate surface area is 212 Å². The summed E-state index contributed by atoms with van der Waals surface area (Å²) in [5, 5.41) is 5.64. The first-order valence-electron chi connectivity index (χ1n) is 10.7. The standard InChI is InChI=1S/C25H18BrFN4O5/c26-16-6-7-19-15(10-16)11-20(23(32)29-18-4-2-1-3-17(18)27)31(19)30-25(34)24(33)28-12-14-5-8-21-22(9-14)36-13-35-21/h1-11H,12-13H2,(H,28,33)(H,29,32)(H,30,34). The number of fused-ring (bicyclic) bond motifs is 2. The summed E-state index contributed by atoms with van der Waals surface area (Å²) in [5.74, 6) is -2.02. The molecule has 9 nitrogen and oxygen atoms in total. The van der Waals surface area contributed by atoms with E-state index in [0.29, 0.717) is 28.0 Å². The highest BCUT2D eigenvalue weighted by Crippen LogP contribution is 2.32. The van der Waals surface area contributed by atoms with E-state index in [-0.39, 0.29) is 24.7 Å². The lowest BCUT2D eigenvalue weighted by molar-refractivity contribution is -0.136. The van der Waals surface area contributed by atoms with Crippen molar-refractivity contribution in [2.45, 2.75) is 6.54 Å². The molecule has 2 heterocycles. The lowest BCUT2D eigenvalue weighted by Gasteiger charge is -2.13. The van der Waals surface area contributed by atoms with E-state index in [1.54, 1.807) is 42.5 Å². The SMILES string of the molecule is O=C(NCc1ccc2c(c1)OCO2)C(=O)Nn1c(C(=O)Nc2ccccc2F)cc2cc(Br)ccc21. The average Bonchev–Trinajstić information content (AvgIpc) is 3.48. The highest BCUT2D eigenvalue weighted by molar-refractivity contribution is 9.10. The van der Waals surface area contributed by atoms with Crippen molar-refractivity contribution in [3.63, 3.8) is 0 Å². The van der Waals surface area contributed by atoms with Crippen molar-refractivity contribution in [1.29, 1.82) is 0 Å². The van der Waals surface area contributed by atoms with Gasteiger partial charge in [0.1, 0.15) is 11.5 Å². The molecule has 3 amide bonds. The maximum atomic E-state index is 14.1. The summed E-state index contributed by atoms with van der Waals surface area (Å²) in [5.41, 5.74) is 3.62. The van der Waals surface area contributed by atoms with Gasteiger partial charge in [0.05, 0.1) is 11.2 Å². The number of nitrogens with one attached hydrogen (secondary N) is 3. The van der Waals surface area contributed by atoms with Gasteiger partial charge in [0, 0.05) is 16.4 Å². The summed E-state index contributed by atoms with van der Waals surface area (Å²) in [6, 6.07) is 17.6. The van der Waals surface area contributed by atoms with Crippen LogP contribution in [0.2, 0.25) is 0 Å². The molecule has 11 heteroatoms. The number of nitrogens with zero attached hydrogens (tertiary/aromatic N) is 1. The lowest BCUT2D eigenvalue weighted by Crippen LogP contribution is -2.39. The maximum absolute atomic E-state index is 14.1. The normalized spacial score (nSPS) is 11.8. The van der Waals surface area contributed by atoms with Crippen LogP contribution in [0.1, 0.15) is 16.1 Å². The van der Waals surface area contributed by atoms with Crippen LogP contribution in [0.15, 0.2) is 71.2 Å². The molecule has 1 aliphatic rings. The molecule has 3 aromatic carbocycles. The maximum Gasteiger partial charge on any atom is 0.328 e. The van der Waals surface area contributed by atoms with Crippen LogP contribution in [0, 0.1) is 5.82 Å². The largest absolute Gasteiger partial charge is 0.454 e. The van der Waals surface area contributed by atoms with Crippen molar-refractivity contribution < 1.29 is 28.2 Å². The number of hydrogen-bond donors (Lipinski definition) is 3. The summed E-state index contributed by atoms with van der Waals surface area (Å²) in [7, 11) is 0. The van der Waals surface area contributed by atoms with Gasteiger partial charge < -0.3 is 20.1 Å². The first kappa shape index (κ1) is 23.4. The molecule has 0 aliphatic carbocycles. The van der Waals surface area contributed by atoms with Gasteiger partial charge in [-0.05, 0) is 54.1 Å². The Bertz CT molecular complexity index is 1520. The molecule has 0 saturated carbocycles. The number of para-hydroxylation sites is 1. The van der Waals surface area contributed by atoms with Gasteiger partial charge in [-0.2, -0.15) is 0 Å². The van der Waals surface area contributed by atoms with Gasteiger partial charge in [-0.25, -0.2) is 9.07 Å².